The maximum atomic E-state index is 12.1. The van der Waals surface area contributed by atoms with Crippen LogP contribution in [-0.2, 0) is 14.6 Å². The molecule has 1 aromatic rings. The fraction of sp³-hybridized carbons (Fsp3) is 0.500. The van der Waals surface area contributed by atoms with E-state index in [0.29, 0.717) is 25.1 Å². The zero-order chi connectivity index (χ0) is 14.6. The summed E-state index contributed by atoms with van der Waals surface area (Å²) in [6.45, 7) is 2.51. The number of amides is 1. The van der Waals surface area contributed by atoms with E-state index >= 15 is 0 Å². The SMILES string of the molecule is CCOc1ccc(NC(=O)C2CCS(=O)(=O)CC2)cc1. The number of carbonyl (C=O) groups is 1. The van der Waals surface area contributed by atoms with Crippen molar-refractivity contribution in [3.8, 4) is 5.75 Å². The summed E-state index contributed by atoms with van der Waals surface area (Å²) in [5.41, 5.74) is 0.701. The Morgan fingerprint density at radius 2 is 1.85 bits per heavy atom. The van der Waals surface area contributed by atoms with Crippen molar-refractivity contribution in [1.29, 1.82) is 0 Å². The molecule has 1 saturated heterocycles. The predicted octanol–water partition coefficient (Wildman–Crippen LogP) is 1.85. The van der Waals surface area contributed by atoms with Crippen molar-refractivity contribution in [2.24, 2.45) is 5.92 Å². The lowest BCUT2D eigenvalue weighted by atomic mass is 10.0. The minimum atomic E-state index is -2.93. The molecule has 2 rings (SSSR count). The van der Waals surface area contributed by atoms with Crippen LogP contribution in [-0.4, -0.2) is 32.4 Å². The largest absolute Gasteiger partial charge is 0.494 e. The van der Waals surface area contributed by atoms with E-state index in [4.69, 9.17) is 4.74 Å². The van der Waals surface area contributed by atoms with Gasteiger partial charge in [0.05, 0.1) is 18.1 Å². The molecule has 1 fully saturated rings. The van der Waals surface area contributed by atoms with E-state index in [9.17, 15) is 13.2 Å². The molecule has 1 aliphatic heterocycles. The summed E-state index contributed by atoms with van der Waals surface area (Å²) >= 11 is 0. The molecule has 5 nitrogen and oxygen atoms in total. The van der Waals surface area contributed by atoms with Gasteiger partial charge in [0, 0.05) is 11.6 Å². The molecule has 0 saturated carbocycles. The quantitative estimate of drug-likeness (QED) is 0.920. The van der Waals surface area contributed by atoms with Crippen molar-refractivity contribution in [3.05, 3.63) is 24.3 Å². The molecule has 0 spiro atoms. The zero-order valence-electron chi connectivity index (χ0n) is 11.5. The minimum absolute atomic E-state index is 0.106. The lowest BCUT2D eigenvalue weighted by Crippen LogP contribution is -2.31. The summed E-state index contributed by atoms with van der Waals surface area (Å²) in [6, 6.07) is 7.15. The van der Waals surface area contributed by atoms with Gasteiger partial charge in [0.25, 0.3) is 0 Å². The monoisotopic (exact) mass is 297 g/mol. The number of carbonyl (C=O) groups excluding carboxylic acids is 1. The van der Waals surface area contributed by atoms with Gasteiger partial charge in [0.15, 0.2) is 0 Å². The highest BCUT2D eigenvalue weighted by Gasteiger charge is 2.28. The third-order valence-corrected chi connectivity index (χ3v) is 5.07. The number of anilines is 1. The third-order valence-electron chi connectivity index (χ3n) is 3.36. The molecule has 0 atom stereocenters. The molecule has 0 radical (unpaired) electrons. The van der Waals surface area contributed by atoms with Gasteiger partial charge in [-0.15, -0.1) is 0 Å². The smallest absolute Gasteiger partial charge is 0.227 e. The van der Waals surface area contributed by atoms with E-state index in [1.165, 1.54) is 0 Å². The summed E-state index contributed by atoms with van der Waals surface area (Å²) in [5, 5.41) is 2.82. The van der Waals surface area contributed by atoms with E-state index in [0.717, 1.165) is 5.75 Å². The fourth-order valence-corrected chi connectivity index (χ4v) is 3.69. The van der Waals surface area contributed by atoms with Crippen molar-refractivity contribution in [1.82, 2.24) is 0 Å². The van der Waals surface area contributed by atoms with E-state index in [-0.39, 0.29) is 23.3 Å². The van der Waals surface area contributed by atoms with Crippen LogP contribution in [0.25, 0.3) is 0 Å². The molecular weight excluding hydrogens is 278 g/mol. The van der Waals surface area contributed by atoms with E-state index in [1.807, 2.05) is 6.92 Å². The maximum absolute atomic E-state index is 12.1. The van der Waals surface area contributed by atoms with Crippen molar-refractivity contribution in [2.45, 2.75) is 19.8 Å². The maximum Gasteiger partial charge on any atom is 0.227 e. The van der Waals surface area contributed by atoms with Gasteiger partial charge in [0.1, 0.15) is 15.6 Å². The van der Waals surface area contributed by atoms with Crippen LogP contribution in [0.4, 0.5) is 5.69 Å². The molecular formula is C14H19NO4S. The highest BCUT2D eigenvalue weighted by Crippen LogP contribution is 2.22. The molecule has 1 amide bonds. The van der Waals surface area contributed by atoms with Crippen LogP contribution in [0.2, 0.25) is 0 Å². The Labute approximate surface area is 119 Å². The second kappa shape index (κ2) is 6.26. The standard InChI is InChI=1S/C14H19NO4S/c1-2-19-13-5-3-12(4-6-13)15-14(16)11-7-9-20(17,18)10-8-11/h3-6,11H,2,7-10H2,1H3,(H,15,16). The first-order valence-corrected chi connectivity index (χ1v) is 8.56. The first-order chi connectivity index (χ1) is 9.50. The fourth-order valence-electron chi connectivity index (χ4n) is 2.20. The number of hydrogen-bond acceptors (Lipinski definition) is 4. The summed E-state index contributed by atoms with van der Waals surface area (Å²) in [5.74, 6) is 0.645. The summed E-state index contributed by atoms with van der Waals surface area (Å²) < 4.78 is 28.0. The highest BCUT2D eigenvalue weighted by molar-refractivity contribution is 7.91. The first-order valence-electron chi connectivity index (χ1n) is 6.74. The van der Waals surface area contributed by atoms with Crippen LogP contribution in [0.1, 0.15) is 19.8 Å². The topological polar surface area (TPSA) is 72.5 Å². The van der Waals surface area contributed by atoms with Gasteiger partial charge in [-0.1, -0.05) is 0 Å². The van der Waals surface area contributed by atoms with E-state index in [1.54, 1.807) is 24.3 Å². The Morgan fingerprint density at radius 1 is 1.25 bits per heavy atom. The lowest BCUT2D eigenvalue weighted by molar-refractivity contribution is -0.120. The highest BCUT2D eigenvalue weighted by atomic mass is 32.2. The number of ether oxygens (including phenoxy) is 1. The van der Waals surface area contributed by atoms with Crippen LogP contribution in [0, 0.1) is 5.92 Å². The Bertz CT molecular complexity index is 551. The normalized spacial score (nSPS) is 18.4. The average molecular weight is 297 g/mol. The van der Waals surface area contributed by atoms with Crippen molar-refractivity contribution in [2.75, 3.05) is 23.4 Å². The van der Waals surface area contributed by atoms with Crippen molar-refractivity contribution >= 4 is 21.4 Å². The van der Waals surface area contributed by atoms with Gasteiger partial charge < -0.3 is 10.1 Å². The van der Waals surface area contributed by atoms with Gasteiger partial charge >= 0.3 is 0 Å². The minimum Gasteiger partial charge on any atom is -0.494 e. The summed E-state index contributed by atoms with van der Waals surface area (Å²) in [7, 11) is -2.93. The first kappa shape index (κ1) is 14.8. The van der Waals surface area contributed by atoms with Crippen LogP contribution in [0.15, 0.2) is 24.3 Å². The summed E-state index contributed by atoms with van der Waals surface area (Å²) in [6.07, 6.45) is 0.816. The number of benzene rings is 1. The van der Waals surface area contributed by atoms with Crippen LogP contribution >= 0.6 is 0 Å². The molecule has 0 aromatic heterocycles. The average Bonchev–Trinajstić information content (AvgIpc) is 2.41. The van der Waals surface area contributed by atoms with Gasteiger partial charge in [0.2, 0.25) is 5.91 Å². The second-order valence-corrected chi connectivity index (χ2v) is 7.18. The van der Waals surface area contributed by atoms with E-state index < -0.39 is 9.84 Å². The molecule has 1 N–H and O–H groups in total. The Kier molecular flexibility index (Phi) is 4.65. The molecule has 110 valence electrons. The Morgan fingerprint density at radius 3 is 2.40 bits per heavy atom. The van der Waals surface area contributed by atoms with Crippen LogP contribution < -0.4 is 10.1 Å². The van der Waals surface area contributed by atoms with Crippen molar-refractivity contribution < 1.29 is 17.9 Å². The van der Waals surface area contributed by atoms with Crippen LogP contribution in [0.3, 0.4) is 0 Å². The number of hydrogen-bond donors (Lipinski definition) is 1. The molecule has 1 aromatic carbocycles. The molecule has 0 aliphatic carbocycles. The molecule has 1 heterocycles. The van der Waals surface area contributed by atoms with E-state index in [2.05, 4.69) is 5.32 Å². The van der Waals surface area contributed by atoms with Gasteiger partial charge in [-0.25, -0.2) is 8.42 Å². The zero-order valence-corrected chi connectivity index (χ0v) is 12.3. The number of sulfone groups is 1. The second-order valence-electron chi connectivity index (χ2n) is 4.87. The molecule has 20 heavy (non-hydrogen) atoms. The van der Waals surface area contributed by atoms with Crippen molar-refractivity contribution in [3.63, 3.8) is 0 Å². The molecule has 0 bridgehead atoms. The Hall–Kier alpha value is -1.56. The third kappa shape index (κ3) is 3.96. The number of nitrogens with one attached hydrogen (secondary N) is 1. The number of rotatable bonds is 4. The molecule has 0 unspecified atom stereocenters. The molecule has 6 heteroatoms. The predicted molar refractivity (Wildman–Crippen MR) is 77.6 cm³/mol. The van der Waals surface area contributed by atoms with Gasteiger partial charge in [-0.05, 0) is 44.0 Å². The lowest BCUT2D eigenvalue weighted by Gasteiger charge is -2.21. The van der Waals surface area contributed by atoms with Gasteiger partial charge in [-0.3, -0.25) is 4.79 Å². The Balaban J connectivity index is 1.91. The summed E-state index contributed by atoms with van der Waals surface area (Å²) in [4.78, 5) is 12.1. The molecule has 1 aliphatic rings. The van der Waals surface area contributed by atoms with Crippen LogP contribution in [0.5, 0.6) is 5.75 Å². The van der Waals surface area contributed by atoms with Gasteiger partial charge in [-0.2, -0.15) is 0 Å².